The lowest BCUT2D eigenvalue weighted by atomic mass is 10.1. The van der Waals surface area contributed by atoms with E-state index in [1.165, 1.54) is 0 Å². The first-order chi connectivity index (χ1) is 11.1. The van der Waals surface area contributed by atoms with Crippen molar-refractivity contribution in [3.63, 3.8) is 0 Å². The molecular formula is C17H30O6. The van der Waals surface area contributed by atoms with E-state index in [9.17, 15) is 14.7 Å². The van der Waals surface area contributed by atoms with E-state index in [0.717, 1.165) is 38.5 Å². The van der Waals surface area contributed by atoms with E-state index in [1.807, 2.05) is 0 Å². The highest BCUT2D eigenvalue weighted by Crippen LogP contribution is 2.18. The van der Waals surface area contributed by atoms with E-state index in [1.54, 1.807) is 0 Å². The number of aliphatic hydroxyl groups is 1. The molecule has 1 fully saturated rings. The lowest BCUT2D eigenvalue weighted by Crippen LogP contribution is -2.51. The summed E-state index contributed by atoms with van der Waals surface area (Å²) in [7, 11) is 0. The molecule has 134 valence electrons. The molecule has 1 aliphatic rings. The summed E-state index contributed by atoms with van der Waals surface area (Å²) in [6.07, 6.45) is 3.61. The van der Waals surface area contributed by atoms with Gasteiger partial charge in [0.25, 0.3) is 0 Å². The van der Waals surface area contributed by atoms with Crippen molar-refractivity contribution in [3.05, 3.63) is 0 Å². The van der Waals surface area contributed by atoms with Gasteiger partial charge >= 0.3 is 11.9 Å². The van der Waals surface area contributed by atoms with Crippen LogP contribution in [0.5, 0.6) is 0 Å². The summed E-state index contributed by atoms with van der Waals surface area (Å²) in [6.45, 7) is 4.34. The van der Waals surface area contributed by atoms with Crippen LogP contribution < -0.4 is 0 Å². The first kappa shape index (κ1) is 19.9. The average molecular weight is 330 g/mol. The number of unbranched alkanes of at least 4 members (excludes halogenated alkanes) is 4. The Balaban J connectivity index is 2.47. The standard InChI is InChI=1S/C17H30O6/c1-3-5-7-9-15(19)22-14-12-21-11-13(18)17(14)23-16(20)10-8-6-4-2/h13-14,17-18H,3-12H2,1-2H3/t13-,14+,17+/m0/s1. The minimum atomic E-state index is -0.965. The van der Waals surface area contributed by atoms with Crippen molar-refractivity contribution in [1.82, 2.24) is 0 Å². The van der Waals surface area contributed by atoms with Crippen LogP contribution in [0.1, 0.15) is 65.2 Å². The molecule has 0 aromatic heterocycles. The molecule has 0 amide bonds. The van der Waals surface area contributed by atoms with E-state index in [0.29, 0.717) is 12.8 Å². The Hall–Kier alpha value is -1.14. The summed E-state index contributed by atoms with van der Waals surface area (Å²) >= 11 is 0. The fraction of sp³-hybridized carbons (Fsp3) is 0.882. The van der Waals surface area contributed by atoms with Gasteiger partial charge in [-0.1, -0.05) is 39.5 Å². The largest absolute Gasteiger partial charge is 0.456 e. The van der Waals surface area contributed by atoms with Gasteiger partial charge in [0.05, 0.1) is 13.2 Å². The van der Waals surface area contributed by atoms with E-state index in [2.05, 4.69) is 13.8 Å². The molecule has 1 heterocycles. The smallest absolute Gasteiger partial charge is 0.306 e. The minimum absolute atomic E-state index is 0.0802. The molecule has 0 aliphatic carbocycles. The van der Waals surface area contributed by atoms with Crippen molar-refractivity contribution < 1.29 is 28.9 Å². The number of ether oxygens (including phenoxy) is 3. The van der Waals surface area contributed by atoms with Crippen LogP contribution in [0, 0.1) is 0 Å². The van der Waals surface area contributed by atoms with Crippen LogP contribution in [0.25, 0.3) is 0 Å². The Kier molecular flexibility index (Phi) is 9.87. The van der Waals surface area contributed by atoms with Crippen molar-refractivity contribution >= 4 is 11.9 Å². The summed E-state index contributed by atoms with van der Waals surface area (Å²) < 4.78 is 15.9. The van der Waals surface area contributed by atoms with Crippen molar-refractivity contribution in [3.8, 4) is 0 Å². The Labute approximate surface area is 138 Å². The monoisotopic (exact) mass is 330 g/mol. The first-order valence-electron chi connectivity index (χ1n) is 8.73. The molecule has 1 rings (SSSR count). The van der Waals surface area contributed by atoms with Crippen LogP contribution in [0.4, 0.5) is 0 Å². The Morgan fingerprint density at radius 1 is 0.957 bits per heavy atom. The maximum atomic E-state index is 11.9. The van der Waals surface area contributed by atoms with Crippen molar-refractivity contribution in [1.29, 1.82) is 0 Å². The molecule has 0 aromatic rings. The summed E-state index contributed by atoms with van der Waals surface area (Å²) in [5.41, 5.74) is 0. The molecule has 1 N–H and O–H groups in total. The van der Waals surface area contributed by atoms with Gasteiger partial charge in [0, 0.05) is 12.8 Å². The first-order valence-corrected chi connectivity index (χ1v) is 8.73. The van der Waals surface area contributed by atoms with Gasteiger partial charge in [-0.2, -0.15) is 0 Å². The number of esters is 2. The zero-order valence-corrected chi connectivity index (χ0v) is 14.3. The van der Waals surface area contributed by atoms with Crippen LogP contribution >= 0.6 is 0 Å². The Morgan fingerprint density at radius 3 is 2.09 bits per heavy atom. The van der Waals surface area contributed by atoms with E-state index >= 15 is 0 Å². The highest BCUT2D eigenvalue weighted by molar-refractivity contribution is 5.70. The highest BCUT2D eigenvalue weighted by Gasteiger charge is 2.38. The lowest BCUT2D eigenvalue weighted by molar-refractivity contribution is -0.202. The van der Waals surface area contributed by atoms with E-state index in [-0.39, 0.29) is 25.2 Å². The number of hydrogen-bond acceptors (Lipinski definition) is 6. The number of carbonyl (C=O) groups is 2. The molecule has 6 nitrogen and oxygen atoms in total. The lowest BCUT2D eigenvalue weighted by Gasteiger charge is -2.34. The van der Waals surface area contributed by atoms with Gasteiger partial charge in [-0.15, -0.1) is 0 Å². The topological polar surface area (TPSA) is 82.1 Å². The second kappa shape index (κ2) is 11.4. The second-order valence-corrected chi connectivity index (χ2v) is 6.00. The molecule has 0 bridgehead atoms. The predicted molar refractivity (Wildman–Crippen MR) is 84.9 cm³/mol. The average Bonchev–Trinajstić information content (AvgIpc) is 2.51. The fourth-order valence-electron chi connectivity index (χ4n) is 2.48. The summed E-state index contributed by atoms with van der Waals surface area (Å²) in [4.78, 5) is 23.7. The third-order valence-corrected chi connectivity index (χ3v) is 3.84. The third kappa shape index (κ3) is 7.79. The van der Waals surface area contributed by atoms with Crippen molar-refractivity contribution in [2.45, 2.75) is 83.5 Å². The zero-order valence-electron chi connectivity index (χ0n) is 14.3. The molecule has 0 radical (unpaired) electrons. The molecule has 0 spiro atoms. The Morgan fingerprint density at radius 2 is 1.52 bits per heavy atom. The molecule has 23 heavy (non-hydrogen) atoms. The molecule has 0 unspecified atom stereocenters. The van der Waals surface area contributed by atoms with Gasteiger partial charge in [0.1, 0.15) is 6.10 Å². The van der Waals surface area contributed by atoms with Gasteiger partial charge in [-0.05, 0) is 12.8 Å². The molecule has 6 heteroatoms. The quantitative estimate of drug-likeness (QED) is 0.489. The number of rotatable bonds is 10. The number of aliphatic hydroxyl groups excluding tert-OH is 1. The molecular weight excluding hydrogens is 300 g/mol. The third-order valence-electron chi connectivity index (χ3n) is 3.84. The Bertz CT molecular complexity index is 357. The second-order valence-electron chi connectivity index (χ2n) is 6.00. The van der Waals surface area contributed by atoms with E-state index in [4.69, 9.17) is 14.2 Å². The van der Waals surface area contributed by atoms with Crippen molar-refractivity contribution in [2.24, 2.45) is 0 Å². The summed E-state index contributed by atoms with van der Waals surface area (Å²) in [5, 5.41) is 9.99. The highest BCUT2D eigenvalue weighted by atomic mass is 16.6. The van der Waals surface area contributed by atoms with Gasteiger partial charge < -0.3 is 19.3 Å². The van der Waals surface area contributed by atoms with Gasteiger partial charge in [-0.25, -0.2) is 0 Å². The normalized spacial score (nSPS) is 24.2. The zero-order chi connectivity index (χ0) is 17.1. The maximum Gasteiger partial charge on any atom is 0.306 e. The number of hydrogen-bond donors (Lipinski definition) is 1. The summed E-state index contributed by atoms with van der Waals surface area (Å²) in [6, 6.07) is 0. The van der Waals surface area contributed by atoms with Crippen LogP contribution in [0.3, 0.4) is 0 Å². The van der Waals surface area contributed by atoms with Gasteiger partial charge in [-0.3, -0.25) is 9.59 Å². The fourth-order valence-corrected chi connectivity index (χ4v) is 2.48. The predicted octanol–water partition coefficient (Wildman–Crippen LogP) is 2.36. The van der Waals surface area contributed by atoms with E-state index < -0.39 is 18.3 Å². The maximum absolute atomic E-state index is 11.9. The van der Waals surface area contributed by atoms with Crippen molar-refractivity contribution in [2.75, 3.05) is 13.2 Å². The minimum Gasteiger partial charge on any atom is -0.456 e. The molecule has 0 saturated carbocycles. The SMILES string of the molecule is CCCCCC(=O)O[C@@H]1[C@@H](O)COC[C@H]1OC(=O)CCCCC. The van der Waals surface area contributed by atoms with Gasteiger partial charge in [0.15, 0.2) is 12.2 Å². The van der Waals surface area contributed by atoms with Gasteiger partial charge in [0.2, 0.25) is 0 Å². The molecule has 1 aliphatic heterocycles. The van der Waals surface area contributed by atoms with Crippen LogP contribution in [-0.4, -0.2) is 48.6 Å². The van der Waals surface area contributed by atoms with Crippen LogP contribution in [-0.2, 0) is 23.8 Å². The summed E-state index contributed by atoms with van der Waals surface area (Å²) in [5.74, 6) is -0.704. The molecule has 0 aromatic carbocycles. The van der Waals surface area contributed by atoms with Crippen LogP contribution in [0.15, 0.2) is 0 Å². The van der Waals surface area contributed by atoms with Crippen LogP contribution in [0.2, 0.25) is 0 Å². The number of carbonyl (C=O) groups excluding carboxylic acids is 2. The molecule has 3 atom stereocenters. The molecule has 1 saturated heterocycles.